The van der Waals surface area contributed by atoms with Crippen molar-refractivity contribution in [2.75, 3.05) is 51.2 Å². The zero-order valence-corrected chi connectivity index (χ0v) is 44.9. The number of aromatic nitrogens is 12. The van der Waals surface area contributed by atoms with Crippen molar-refractivity contribution in [1.82, 2.24) is 53.6 Å². The number of aliphatic hydroxyl groups is 3. The summed E-state index contributed by atoms with van der Waals surface area (Å²) < 4.78 is 128. The zero-order chi connectivity index (χ0) is 58.2. The Bertz CT molecular complexity index is 3690. The number of methoxy groups -OCH3 is 2. The van der Waals surface area contributed by atoms with E-state index in [9.17, 15) is 72.2 Å². The highest BCUT2D eigenvalue weighted by Crippen LogP contribution is 2.67. The van der Waals surface area contributed by atoms with Gasteiger partial charge in [0.25, 0.3) is 56.2 Å². The molecular formula is C33H42N15O27P5-4. The van der Waals surface area contributed by atoms with E-state index >= 15 is 0 Å². The molecule has 0 radical (unpaired) electrons. The molecule has 3 aliphatic rings. The van der Waals surface area contributed by atoms with Gasteiger partial charge in [0.1, 0.15) is 66.8 Å². The lowest BCUT2D eigenvalue weighted by atomic mass is 10.1. The van der Waals surface area contributed by atoms with Gasteiger partial charge < -0.3 is 98.8 Å². The Morgan fingerprint density at radius 2 is 1.18 bits per heavy atom. The minimum absolute atomic E-state index is 0.0212. The molecule has 80 heavy (non-hydrogen) atoms. The average molecular weight is 1240 g/mol. The summed E-state index contributed by atoms with van der Waals surface area (Å²) in [7, 11) is -28.6. The fourth-order valence-corrected chi connectivity index (χ4v) is 14.4. The van der Waals surface area contributed by atoms with Gasteiger partial charge >= 0.3 is 5.65 Å². The number of H-pyrrole nitrogens is 2. The van der Waals surface area contributed by atoms with E-state index in [4.69, 9.17) is 49.9 Å². The van der Waals surface area contributed by atoms with Crippen LogP contribution in [0.5, 0.6) is 0 Å². The van der Waals surface area contributed by atoms with E-state index in [0.717, 1.165) is 46.9 Å². The first kappa shape index (κ1) is 59.6. The number of aromatic amines is 2. The first-order valence-corrected chi connectivity index (χ1v) is 29.5. The Kier molecular flexibility index (Phi) is 16.6. The second kappa shape index (κ2) is 22.3. The number of anilines is 3. The predicted molar refractivity (Wildman–Crippen MR) is 244 cm³/mol. The summed E-state index contributed by atoms with van der Waals surface area (Å²) >= 11 is 0. The fourth-order valence-electron chi connectivity index (χ4n) is 8.67. The van der Waals surface area contributed by atoms with E-state index in [-0.39, 0.29) is 51.2 Å². The molecule has 6 aromatic rings. The van der Waals surface area contributed by atoms with Gasteiger partial charge in [0, 0.05) is 14.2 Å². The van der Waals surface area contributed by atoms with E-state index in [1.807, 2.05) is 0 Å². The highest BCUT2D eigenvalue weighted by Gasteiger charge is 2.52. The van der Waals surface area contributed by atoms with Crippen molar-refractivity contribution in [2.24, 2.45) is 7.05 Å². The number of aliphatic hydroxyl groups excluding tert-OH is 3. The van der Waals surface area contributed by atoms with Gasteiger partial charge in [-0.1, -0.05) is 4.98 Å². The van der Waals surface area contributed by atoms with Crippen molar-refractivity contribution in [2.45, 2.75) is 73.6 Å². The number of nitrogen functional groups attached to an aromatic ring is 3. The van der Waals surface area contributed by atoms with Gasteiger partial charge in [0.15, 0.2) is 41.4 Å². The van der Waals surface area contributed by atoms with Crippen LogP contribution in [0.25, 0.3) is 33.5 Å². The fraction of sp³-hybridized carbons (Fsp3) is 0.545. The summed E-state index contributed by atoms with van der Waals surface area (Å²) in [6, 6.07) is 0. The number of hydrogen-bond acceptors (Lipinski definition) is 36. The number of ether oxygens (including phenoxy) is 5. The topological polar surface area (TPSA) is 612 Å². The molecular weight excluding hydrogens is 1190 g/mol. The molecule has 11 N–H and O–H groups in total. The van der Waals surface area contributed by atoms with Gasteiger partial charge in [0.05, 0.1) is 39.5 Å². The van der Waals surface area contributed by atoms with Crippen molar-refractivity contribution in [1.29, 1.82) is 0 Å². The smallest absolute Gasteiger partial charge is 0.313 e. The van der Waals surface area contributed by atoms with Crippen molar-refractivity contribution in [3.05, 3.63) is 46.0 Å². The van der Waals surface area contributed by atoms with Crippen LogP contribution in [0.3, 0.4) is 0 Å². The van der Waals surface area contributed by atoms with Crippen LogP contribution in [-0.4, -0.2) is 158 Å². The van der Waals surface area contributed by atoms with Gasteiger partial charge in [-0.15, -0.1) is 0 Å². The highest BCUT2D eigenvalue weighted by atomic mass is 31.3. The Balaban J connectivity index is 0.849. The first-order valence-electron chi connectivity index (χ1n) is 22.2. The molecule has 0 saturated carbocycles. The quantitative estimate of drug-likeness (QED) is 0.0231. The number of hydrogen-bond donors (Lipinski definition) is 8. The zero-order valence-electron chi connectivity index (χ0n) is 40.4. The number of fused-ring (bicyclic) bond motifs is 3. The van der Waals surface area contributed by atoms with E-state index in [0.29, 0.717) is 0 Å². The van der Waals surface area contributed by atoms with Crippen molar-refractivity contribution >= 4 is 90.3 Å². The molecule has 0 spiro atoms. The van der Waals surface area contributed by atoms with E-state index < -0.39 is 144 Å². The molecule has 0 amide bonds. The number of imidazole rings is 3. The lowest BCUT2D eigenvalue weighted by Crippen LogP contribution is -2.46. The Morgan fingerprint density at radius 3 is 1.81 bits per heavy atom. The van der Waals surface area contributed by atoms with Gasteiger partial charge in [-0.05, 0) is 0 Å². The van der Waals surface area contributed by atoms with Crippen LogP contribution in [0.1, 0.15) is 18.7 Å². The summed E-state index contributed by atoms with van der Waals surface area (Å²) in [5, 5.41) is 32.7. The molecule has 17 atom stereocenters. The molecule has 0 aliphatic carbocycles. The largest absolute Gasteiger partial charge is 0.756 e. The van der Waals surface area contributed by atoms with Crippen LogP contribution in [0, 0.1) is 0 Å². The van der Waals surface area contributed by atoms with Crippen LogP contribution in [-0.2, 0) is 84.6 Å². The van der Waals surface area contributed by atoms with E-state index in [2.05, 4.69) is 61.9 Å². The van der Waals surface area contributed by atoms with Gasteiger partial charge in [-0.2, -0.15) is 4.98 Å². The maximum absolute atomic E-state index is 13.5. The Morgan fingerprint density at radius 1 is 0.637 bits per heavy atom. The summed E-state index contributed by atoms with van der Waals surface area (Å²) in [6.07, 6.45) is -16.1. The summed E-state index contributed by atoms with van der Waals surface area (Å²) in [4.78, 5) is 118. The third kappa shape index (κ3) is 12.2. The summed E-state index contributed by atoms with van der Waals surface area (Å²) in [5.41, 5.74) is 15.1. The van der Waals surface area contributed by atoms with Gasteiger partial charge in [-0.3, -0.25) is 56.1 Å². The number of phosphoric acid groups is 5. The molecule has 3 saturated heterocycles. The summed E-state index contributed by atoms with van der Waals surface area (Å²) in [6.45, 7) is -3.79. The maximum Gasteiger partial charge on any atom is 0.313 e. The average Bonchev–Trinajstić information content (AvgIpc) is 4.38. The molecule has 9 heterocycles. The Labute approximate surface area is 442 Å². The van der Waals surface area contributed by atoms with Crippen molar-refractivity contribution < 1.29 is 122 Å². The number of nitrogens with two attached hydrogens (primary N) is 3. The molecule has 8 unspecified atom stereocenters. The normalized spacial score (nSPS) is 30.1. The molecule has 9 rings (SSSR count). The molecule has 6 aromatic heterocycles. The number of phosphoric ester groups is 3. The van der Waals surface area contributed by atoms with Crippen LogP contribution < -0.4 is 57.4 Å². The standard InChI is InChI=1S/C33H46N15O27P5/c1-45-10-48(26-16(45)28(53)44-33(36)42-26)30-19(51)20(64-2)12(70-30)5-67-77(56,57)73-79(60,61)75-80(62,63)74-78(58,59)68-6-13-21(22(65-3)31(71-13)46-8-39-14-23(34)37-7-38-24(14)46)72-76(54,55)66-4-11-17(49)18(50)29(69-11)47-9-40-15-25(47)41-32(35)43-27(15)52/h7-13,17-22,29-31,49-51H,4-6H2,1-3H3,(H12-,34,35,36,37,38,41,42,43,44,52,53,54,55,56,57,58,59,60,61,62,63)/p-4/t11-,12-,13-,17+,18?,19+,20?,21+,22?,29-,30-,31-/m1/s1. The number of rotatable bonds is 22. The van der Waals surface area contributed by atoms with Crippen LogP contribution >= 0.6 is 39.1 Å². The molecule has 42 nitrogen and oxygen atoms in total. The molecule has 3 aliphatic heterocycles. The molecule has 47 heteroatoms. The van der Waals surface area contributed by atoms with Gasteiger partial charge in [0.2, 0.25) is 17.7 Å². The number of aryl methyl sites for hydroxylation is 1. The second-order valence-corrected chi connectivity index (χ2v) is 24.5. The first-order chi connectivity index (χ1) is 37.4. The van der Waals surface area contributed by atoms with E-state index in [1.54, 1.807) is 0 Å². The van der Waals surface area contributed by atoms with Crippen LogP contribution in [0.2, 0.25) is 0 Å². The highest BCUT2D eigenvalue weighted by molar-refractivity contribution is 7.68. The number of nitrogens with zero attached hydrogens (tertiary/aromatic N) is 10. The maximum atomic E-state index is 13.5. The minimum atomic E-state index is -6.85. The second-order valence-electron chi connectivity index (χ2n) is 17.1. The number of nitrogens with one attached hydrogen (secondary N) is 2. The third-order valence-corrected chi connectivity index (χ3v) is 18.7. The predicted octanol–water partition coefficient (Wildman–Crippen LogP) is -7.10. The summed E-state index contributed by atoms with van der Waals surface area (Å²) in [5.74, 6) is -0.818. The lowest BCUT2D eigenvalue weighted by molar-refractivity contribution is -0.745. The molecule has 3 fully saturated rings. The van der Waals surface area contributed by atoms with Crippen molar-refractivity contribution in [3.8, 4) is 0 Å². The third-order valence-electron chi connectivity index (χ3n) is 12.0. The monoisotopic (exact) mass is 1240 g/mol. The lowest BCUT2D eigenvalue weighted by Gasteiger charge is -2.36. The molecule has 0 aromatic carbocycles. The molecule has 0 bridgehead atoms. The van der Waals surface area contributed by atoms with Crippen LogP contribution in [0.4, 0.5) is 17.7 Å². The van der Waals surface area contributed by atoms with E-state index in [1.165, 1.54) is 17.9 Å². The SMILES string of the molecule is COC1[C@@H](OP(=O)([O-])OC[C@H]2O[C@@H](n3cnc4c(=O)[nH]c(N)nc43)C(O)[C@H]2O)[C@@H](COP(=O)([O-])OP(=O)([O-])OP(=O)([O-])OP(=O)([O-])OC[C@H]2O[C@@H]([n+]3cn(C)c4c(=O)[nH]c(N)nc43)[C@@H](O)C2OC)O[C@H]1n1cnc2c(N)ncnc21. The van der Waals surface area contributed by atoms with Crippen molar-refractivity contribution in [3.63, 3.8) is 0 Å². The van der Waals surface area contributed by atoms with Crippen LogP contribution in [0.15, 0.2) is 34.9 Å². The Hall–Kier alpha value is -5.00. The molecule has 440 valence electrons. The minimum Gasteiger partial charge on any atom is -0.756 e. The van der Waals surface area contributed by atoms with Gasteiger partial charge in [-0.25, -0.2) is 37.4 Å².